The summed E-state index contributed by atoms with van der Waals surface area (Å²) in [6.07, 6.45) is 11.0. The van der Waals surface area contributed by atoms with E-state index in [2.05, 4.69) is 51.6 Å². The van der Waals surface area contributed by atoms with Crippen LogP contribution in [-0.4, -0.2) is 24.3 Å². The van der Waals surface area contributed by atoms with Gasteiger partial charge in [-0.05, 0) is 47.9 Å². The van der Waals surface area contributed by atoms with Crippen molar-refractivity contribution < 1.29 is 0 Å². The molecule has 0 radical (unpaired) electrons. The molecule has 1 aromatic carbocycles. The van der Waals surface area contributed by atoms with E-state index in [0.29, 0.717) is 0 Å². The summed E-state index contributed by atoms with van der Waals surface area (Å²) in [5.74, 6) is 0.726. The number of fused-ring (bicyclic) bond motifs is 1. The number of imidazole rings is 1. The normalized spacial score (nSPS) is 12.0. The lowest BCUT2D eigenvalue weighted by Crippen LogP contribution is -2.08. The maximum Gasteiger partial charge on any atom is 0.145 e. The number of hydrogen-bond donors (Lipinski definition) is 1. The smallest absolute Gasteiger partial charge is 0.145 e. The summed E-state index contributed by atoms with van der Waals surface area (Å²) in [4.78, 5) is 17.8. The van der Waals surface area contributed by atoms with E-state index >= 15 is 0 Å². The fourth-order valence-corrected chi connectivity index (χ4v) is 3.49. The second kappa shape index (κ2) is 7.75. The van der Waals surface area contributed by atoms with Gasteiger partial charge in [0.2, 0.25) is 0 Å². The molecule has 0 aliphatic rings. The summed E-state index contributed by atoms with van der Waals surface area (Å²) in [5, 5.41) is 3.44. The van der Waals surface area contributed by atoms with E-state index < -0.39 is 0 Å². The van der Waals surface area contributed by atoms with Crippen molar-refractivity contribution in [3.8, 4) is 22.5 Å². The highest BCUT2D eigenvalue weighted by molar-refractivity contribution is 5.67. The van der Waals surface area contributed by atoms with Gasteiger partial charge in [-0.25, -0.2) is 9.97 Å². The molecule has 1 N–H and O–H groups in total. The number of benzene rings is 1. The van der Waals surface area contributed by atoms with Crippen LogP contribution in [0.3, 0.4) is 0 Å². The second-order valence-corrected chi connectivity index (χ2v) is 7.09. The number of nitrogens with zero attached hydrogens (tertiary/aromatic N) is 5. The van der Waals surface area contributed by atoms with Crippen LogP contribution in [-0.2, 0) is 0 Å². The van der Waals surface area contributed by atoms with Crippen molar-refractivity contribution in [2.45, 2.75) is 13.0 Å². The highest BCUT2D eigenvalue weighted by atomic mass is 15.1. The number of aromatic nitrogens is 5. The first-order valence-electron chi connectivity index (χ1n) is 9.79. The molecule has 4 heterocycles. The average molecular weight is 392 g/mol. The van der Waals surface area contributed by atoms with Gasteiger partial charge in [-0.15, -0.1) is 0 Å². The van der Waals surface area contributed by atoms with Crippen LogP contribution in [0.25, 0.3) is 28.2 Å². The Bertz CT molecular complexity index is 1280. The molecule has 0 spiro atoms. The van der Waals surface area contributed by atoms with Gasteiger partial charge in [0.05, 0.1) is 24.3 Å². The predicted octanol–water partition coefficient (Wildman–Crippen LogP) is 5.03. The zero-order valence-electron chi connectivity index (χ0n) is 16.5. The molecule has 0 saturated carbocycles. The summed E-state index contributed by atoms with van der Waals surface area (Å²) in [5.41, 5.74) is 5.90. The van der Waals surface area contributed by atoms with Crippen LogP contribution in [0.1, 0.15) is 18.5 Å². The van der Waals surface area contributed by atoms with Crippen molar-refractivity contribution in [3.63, 3.8) is 0 Å². The average Bonchev–Trinajstić information content (AvgIpc) is 3.24. The first-order valence-corrected chi connectivity index (χ1v) is 9.79. The Morgan fingerprint density at radius 3 is 2.50 bits per heavy atom. The van der Waals surface area contributed by atoms with Crippen molar-refractivity contribution in [2.75, 3.05) is 5.32 Å². The van der Waals surface area contributed by atoms with Crippen molar-refractivity contribution in [1.29, 1.82) is 0 Å². The molecule has 0 fully saturated rings. The van der Waals surface area contributed by atoms with Crippen LogP contribution in [0.15, 0.2) is 91.8 Å². The molecule has 6 heteroatoms. The van der Waals surface area contributed by atoms with E-state index in [1.165, 1.54) is 5.56 Å². The maximum absolute atomic E-state index is 4.79. The Labute approximate surface area is 174 Å². The lowest BCUT2D eigenvalue weighted by Gasteiger charge is -2.15. The zero-order chi connectivity index (χ0) is 20.3. The van der Waals surface area contributed by atoms with Gasteiger partial charge in [-0.3, -0.25) is 14.4 Å². The minimum Gasteiger partial charge on any atom is -0.362 e. The number of hydrogen-bond acceptors (Lipinski definition) is 5. The van der Waals surface area contributed by atoms with Crippen LogP contribution in [0, 0.1) is 0 Å². The van der Waals surface area contributed by atoms with Crippen molar-refractivity contribution in [3.05, 3.63) is 97.3 Å². The first-order chi connectivity index (χ1) is 14.8. The lowest BCUT2D eigenvalue weighted by molar-refractivity contribution is 0.871. The monoisotopic (exact) mass is 392 g/mol. The van der Waals surface area contributed by atoms with Crippen molar-refractivity contribution >= 4 is 11.5 Å². The van der Waals surface area contributed by atoms with Gasteiger partial charge in [-0.1, -0.05) is 30.3 Å². The summed E-state index contributed by atoms with van der Waals surface area (Å²) in [6.45, 7) is 2.11. The largest absolute Gasteiger partial charge is 0.362 e. The number of anilines is 1. The van der Waals surface area contributed by atoms with Gasteiger partial charge in [0.1, 0.15) is 17.2 Å². The zero-order valence-corrected chi connectivity index (χ0v) is 16.5. The molecule has 6 nitrogen and oxygen atoms in total. The molecule has 0 bridgehead atoms. The molecule has 4 aromatic heterocycles. The van der Waals surface area contributed by atoms with Gasteiger partial charge in [0.15, 0.2) is 0 Å². The van der Waals surface area contributed by atoms with Gasteiger partial charge in [0, 0.05) is 24.6 Å². The number of rotatable bonds is 5. The Morgan fingerprint density at radius 1 is 0.833 bits per heavy atom. The third-order valence-corrected chi connectivity index (χ3v) is 5.08. The molecular formula is C24H20N6. The van der Waals surface area contributed by atoms with Crippen molar-refractivity contribution in [1.82, 2.24) is 24.3 Å². The topological polar surface area (TPSA) is 68.0 Å². The number of pyridine rings is 2. The Hall–Kier alpha value is -4.06. The van der Waals surface area contributed by atoms with E-state index in [-0.39, 0.29) is 6.04 Å². The first kappa shape index (κ1) is 18.0. The summed E-state index contributed by atoms with van der Waals surface area (Å²) >= 11 is 0. The van der Waals surface area contributed by atoms with Crippen LogP contribution in [0.5, 0.6) is 0 Å². The molecule has 0 saturated heterocycles. The highest BCUT2D eigenvalue weighted by Gasteiger charge is 2.11. The Morgan fingerprint density at radius 2 is 1.67 bits per heavy atom. The molecule has 5 aromatic rings. The van der Waals surface area contributed by atoms with E-state index in [9.17, 15) is 0 Å². The Balaban J connectivity index is 1.49. The predicted molar refractivity (Wildman–Crippen MR) is 118 cm³/mol. The molecule has 0 aliphatic heterocycles. The molecule has 1 unspecified atom stereocenters. The van der Waals surface area contributed by atoms with Crippen molar-refractivity contribution in [2.24, 2.45) is 0 Å². The molecular weight excluding hydrogens is 372 g/mol. The Kier molecular flexibility index (Phi) is 4.65. The fraction of sp³-hybridized carbons (Fsp3) is 0.0833. The van der Waals surface area contributed by atoms with Gasteiger partial charge >= 0.3 is 0 Å². The quantitative estimate of drug-likeness (QED) is 0.454. The fourth-order valence-electron chi connectivity index (χ4n) is 3.49. The minimum atomic E-state index is 0.122. The van der Waals surface area contributed by atoms with Crippen LogP contribution in [0.2, 0.25) is 0 Å². The summed E-state index contributed by atoms with van der Waals surface area (Å²) < 4.78 is 2.05. The highest BCUT2D eigenvalue weighted by Crippen LogP contribution is 2.25. The number of nitrogens with one attached hydrogen (secondary N) is 1. The summed E-state index contributed by atoms with van der Waals surface area (Å²) in [6, 6.07) is 18.5. The van der Waals surface area contributed by atoms with Crippen LogP contribution >= 0.6 is 0 Å². The molecule has 0 aliphatic carbocycles. The molecule has 146 valence electrons. The second-order valence-electron chi connectivity index (χ2n) is 7.09. The molecule has 30 heavy (non-hydrogen) atoms. The maximum atomic E-state index is 4.79. The lowest BCUT2D eigenvalue weighted by atomic mass is 10.1. The van der Waals surface area contributed by atoms with Gasteiger partial charge in [-0.2, -0.15) is 0 Å². The third kappa shape index (κ3) is 3.51. The minimum absolute atomic E-state index is 0.122. The van der Waals surface area contributed by atoms with Crippen LogP contribution in [0.4, 0.5) is 5.82 Å². The van der Waals surface area contributed by atoms with Crippen LogP contribution < -0.4 is 5.32 Å². The molecule has 0 amide bonds. The SMILES string of the molecule is CC(Nc1cncc(-c2cnc3ccc(-c4ccncc4)cn23)n1)c1ccccc1. The van der Waals surface area contributed by atoms with Gasteiger partial charge < -0.3 is 5.32 Å². The van der Waals surface area contributed by atoms with E-state index in [0.717, 1.165) is 34.0 Å². The standard InChI is InChI=1S/C24H20N6/c1-17(18-5-3-2-4-6-18)28-23-15-26-13-21(29-23)22-14-27-24-8-7-20(16-30(22)24)19-9-11-25-12-10-19/h2-17H,1H3,(H,28,29). The molecule has 1 atom stereocenters. The molecule has 5 rings (SSSR count). The summed E-state index contributed by atoms with van der Waals surface area (Å²) in [7, 11) is 0. The van der Waals surface area contributed by atoms with E-state index in [4.69, 9.17) is 4.98 Å². The van der Waals surface area contributed by atoms with E-state index in [1.807, 2.05) is 47.0 Å². The van der Waals surface area contributed by atoms with Gasteiger partial charge in [0.25, 0.3) is 0 Å². The third-order valence-electron chi connectivity index (χ3n) is 5.08. The van der Waals surface area contributed by atoms with E-state index in [1.54, 1.807) is 24.8 Å².